The predicted octanol–water partition coefficient (Wildman–Crippen LogP) is 4.95. The molecule has 0 saturated heterocycles. The molecule has 4 rings (SSSR count). The van der Waals surface area contributed by atoms with Gasteiger partial charge in [0.25, 0.3) is 0 Å². The molecular formula is C26H31F3N6O. The minimum Gasteiger partial charge on any atom is -0.393 e. The van der Waals surface area contributed by atoms with Crippen molar-refractivity contribution in [1.82, 2.24) is 20.3 Å². The summed E-state index contributed by atoms with van der Waals surface area (Å²) in [6.07, 6.45) is -1.50. The fourth-order valence-electron chi connectivity index (χ4n) is 4.23. The molecule has 0 fully saturated rings. The highest BCUT2D eigenvalue weighted by Crippen LogP contribution is 2.34. The molecule has 0 aliphatic heterocycles. The van der Waals surface area contributed by atoms with Crippen molar-refractivity contribution in [2.45, 2.75) is 64.4 Å². The Kier molecular flexibility index (Phi) is 7.75. The maximum absolute atomic E-state index is 13.4. The first kappa shape index (κ1) is 25.8. The Labute approximate surface area is 208 Å². The fourth-order valence-corrected chi connectivity index (χ4v) is 4.23. The van der Waals surface area contributed by atoms with Gasteiger partial charge < -0.3 is 21.1 Å². The molecule has 10 heteroatoms. The fraction of sp³-hybridized carbons (Fsp3) is 0.423. The number of nitrogens with one attached hydrogen (secondary N) is 3. The summed E-state index contributed by atoms with van der Waals surface area (Å²) in [5.41, 5.74) is 2.97. The molecule has 36 heavy (non-hydrogen) atoms. The number of alkyl halides is 3. The maximum Gasteiger partial charge on any atom is 0.433 e. The normalized spacial score (nSPS) is 16.5. The lowest BCUT2D eigenvalue weighted by Gasteiger charge is -2.23. The molecule has 2 aromatic heterocycles. The van der Waals surface area contributed by atoms with Crippen LogP contribution in [0.2, 0.25) is 0 Å². The minimum absolute atomic E-state index is 0.104. The average Bonchev–Trinajstić information content (AvgIpc) is 2.83. The Morgan fingerprint density at radius 2 is 1.92 bits per heavy atom. The number of benzene rings is 1. The number of fused-ring (bicyclic) bond motifs is 1. The van der Waals surface area contributed by atoms with Gasteiger partial charge in [0.2, 0.25) is 0 Å². The molecule has 3 aromatic rings. The SMILES string of the molecule is CC(C)NC[C@H](C)Nc1nc(C(F)(F)F)ccc1-c1cc(Nc2cccc3c2C[C@@H](O)CC3)ncn1. The Bertz CT molecular complexity index is 1200. The minimum atomic E-state index is -4.57. The van der Waals surface area contributed by atoms with Crippen molar-refractivity contribution >= 4 is 17.3 Å². The van der Waals surface area contributed by atoms with Crippen LogP contribution in [0.3, 0.4) is 0 Å². The van der Waals surface area contributed by atoms with Crippen LogP contribution < -0.4 is 16.0 Å². The van der Waals surface area contributed by atoms with Crippen LogP contribution in [0.15, 0.2) is 42.7 Å². The van der Waals surface area contributed by atoms with Crippen molar-refractivity contribution in [3.63, 3.8) is 0 Å². The van der Waals surface area contributed by atoms with Gasteiger partial charge in [0.15, 0.2) is 0 Å². The number of aryl methyl sites for hydroxylation is 1. The molecule has 0 spiro atoms. The molecule has 192 valence electrons. The summed E-state index contributed by atoms with van der Waals surface area (Å²) in [6, 6.07) is 10.0. The first-order valence-electron chi connectivity index (χ1n) is 12.1. The molecule has 0 bridgehead atoms. The van der Waals surface area contributed by atoms with Crippen LogP contribution in [0.4, 0.5) is 30.5 Å². The van der Waals surface area contributed by atoms with E-state index < -0.39 is 11.9 Å². The number of anilines is 3. The summed E-state index contributed by atoms with van der Waals surface area (Å²) in [5, 5.41) is 19.8. The highest BCUT2D eigenvalue weighted by atomic mass is 19.4. The van der Waals surface area contributed by atoms with Crippen molar-refractivity contribution in [3.05, 3.63) is 59.5 Å². The molecule has 0 amide bonds. The molecule has 0 radical (unpaired) electrons. The van der Waals surface area contributed by atoms with Gasteiger partial charge in [-0.15, -0.1) is 0 Å². The van der Waals surface area contributed by atoms with Gasteiger partial charge >= 0.3 is 6.18 Å². The van der Waals surface area contributed by atoms with E-state index in [1.807, 2.05) is 32.9 Å². The number of pyridine rings is 1. The van der Waals surface area contributed by atoms with Crippen LogP contribution in [-0.2, 0) is 19.0 Å². The topological polar surface area (TPSA) is 95.0 Å². The molecule has 0 saturated carbocycles. The van der Waals surface area contributed by atoms with Crippen molar-refractivity contribution in [3.8, 4) is 11.3 Å². The zero-order valence-electron chi connectivity index (χ0n) is 20.5. The molecular weight excluding hydrogens is 469 g/mol. The summed E-state index contributed by atoms with van der Waals surface area (Å²) in [7, 11) is 0. The second-order valence-corrected chi connectivity index (χ2v) is 9.45. The van der Waals surface area contributed by atoms with Gasteiger partial charge in [-0.3, -0.25) is 0 Å². The van der Waals surface area contributed by atoms with Crippen molar-refractivity contribution in [1.29, 1.82) is 0 Å². The summed E-state index contributed by atoms with van der Waals surface area (Å²) >= 11 is 0. The highest BCUT2D eigenvalue weighted by Gasteiger charge is 2.33. The van der Waals surface area contributed by atoms with Gasteiger partial charge in [0, 0.05) is 42.4 Å². The number of nitrogens with zero attached hydrogens (tertiary/aromatic N) is 3. The Hall–Kier alpha value is -3.24. The zero-order valence-corrected chi connectivity index (χ0v) is 20.5. The van der Waals surface area contributed by atoms with Gasteiger partial charge in [-0.05, 0) is 49.1 Å². The summed E-state index contributed by atoms with van der Waals surface area (Å²) in [6.45, 7) is 6.43. The van der Waals surface area contributed by atoms with E-state index in [1.165, 1.54) is 18.0 Å². The van der Waals surface area contributed by atoms with E-state index >= 15 is 0 Å². The molecule has 1 aromatic carbocycles. The van der Waals surface area contributed by atoms with Crippen LogP contribution in [0.25, 0.3) is 11.3 Å². The molecule has 1 aliphatic rings. The molecule has 0 unspecified atom stereocenters. The van der Waals surface area contributed by atoms with E-state index in [4.69, 9.17) is 0 Å². The number of hydrogen-bond donors (Lipinski definition) is 4. The van der Waals surface area contributed by atoms with Gasteiger partial charge in [-0.25, -0.2) is 15.0 Å². The van der Waals surface area contributed by atoms with E-state index in [9.17, 15) is 18.3 Å². The van der Waals surface area contributed by atoms with Gasteiger partial charge in [0.1, 0.15) is 23.7 Å². The van der Waals surface area contributed by atoms with Crippen LogP contribution in [0.5, 0.6) is 0 Å². The summed E-state index contributed by atoms with van der Waals surface area (Å²) < 4.78 is 40.2. The summed E-state index contributed by atoms with van der Waals surface area (Å²) in [5.74, 6) is 0.599. The molecule has 7 nitrogen and oxygen atoms in total. The number of aromatic nitrogens is 3. The second kappa shape index (κ2) is 10.8. The number of hydrogen-bond acceptors (Lipinski definition) is 7. The largest absolute Gasteiger partial charge is 0.433 e. The van der Waals surface area contributed by atoms with Gasteiger partial charge in [-0.1, -0.05) is 26.0 Å². The van der Waals surface area contributed by atoms with E-state index in [2.05, 4.69) is 37.0 Å². The average molecular weight is 501 g/mol. The van der Waals surface area contributed by atoms with Crippen LogP contribution in [0, 0.1) is 0 Å². The van der Waals surface area contributed by atoms with E-state index in [0.29, 0.717) is 30.0 Å². The van der Waals surface area contributed by atoms with E-state index in [-0.39, 0.29) is 24.0 Å². The van der Waals surface area contributed by atoms with Crippen molar-refractivity contribution < 1.29 is 18.3 Å². The molecule has 1 aliphatic carbocycles. The van der Waals surface area contributed by atoms with E-state index in [0.717, 1.165) is 30.2 Å². The van der Waals surface area contributed by atoms with Gasteiger partial charge in [0.05, 0.1) is 11.8 Å². The summed E-state index contributed by atoms with van der Waals surface area (Å²) in [4.78, 5) is 12.5. The first-order chi connectivity index (χ1) is 17.1. The quantitative estimate of drug-likeness (QED) is 0.348. The number of aliphatic hydroxyl groups excluding tert-OH is 1. The number of aliphatic hydroxyl groups is 1. The van der Waals surface area contributed by atoms with Gasteiger partial charge in [-0.2, -0.15) is 13.2 Å². The first-order valence-corrected chi connectivity index (χ1v) is 12.1. The zero-order chi connectivity index (χ0) is 25.9. The predicted molar refractivity (Wildman–Crippen MR) is 134 cm³/mol. The second-order valence-electron chi connectivity index (χ2n) is 9.45. The Morgan fingerprint density at radius 3 is 2.67 bits per heavy atom. The van der Waals surface area contributed by atoms with Crippen LogP contribution in [0.1, 0.15) is 44.0 Å². The monoisotopic (exact) mass is 500 g/mol. The maximum atomic E-state index is 13.4. The van der Waals surface area contributed by atoms with E-state index in [1.54, 1.807) is 6.07 Å². The molecule has 2 heterocycles. The van der Waals surface area contributed by atoms with Crippen LogP contribution >= 0.6 is 0 Å². The van der Waals surface area contributed by atoms with Crippen LogP contribution in [-0.4, -0.2) is 44.8 Å². The molecule has 4 N–H and O–H groups in total. The third kappa shape index (κ3) is 6.30. The lowest BCUT2D eigenvalue weighted by Crippen LogP contribution is -2.35. The number of rotatable bonds is 8. The molecule has 2 atom stereocenters. The highest BCUT2D eigenvalue weighted by molar-refractivity contribution is 5.75. The smallest absolute Gasteiger partial charge is 0.393 e. The number of halogens is 3. The lowest BCUT2D eigenvalue weighted by atomic mass is 9.88. The van der Waals surface area contributed by atoms with Crippen molar-refractivity contribution in [2.24, 2.45) is 0 Å². The van der Waals surface area contributed by atoms with Crippen molar-refractivity contribution in [2.75, 3.05) is 17.2 Å². The standard InChI is InChI=1S/C26H31F3N6O/c1-15(2)30-13-16(3)33-25-19(9-10-23(35-25)26(27,28)29)22-12-24(32-14-31-22)34-21-6-4-5-17-7-8-18(36)11-20(17)21/h4-6,9-10,12,14-16,18,30,36H,7-8,11,13H2,1-3H3,(H,33,35)(H,31,32,34)/t16-,18-/m0/s1. The third-order valence-corrected chi connectivity index (χ3v) is 6.07. The Balaban J connectivity index is 1.65. The Morgan fingerprint density at radius 1 is 1.11 bits per heavy atom. The third-order valence-electron chi connectivity index (χ3n) is 6.07. The lowest BCUT2D eigenvalue weighted by molar-refractivity contribution is -0.141.